The van der Waals surface area contributed by atoms with Gasteiger partial charge in [-0.2, -0.15) is 17.0 Å². The molecule has 1 atom stereocenters. The van der Waals surface area contributed by atoms with Gasteiger partial charge in [0, 0.05) is 12.5 Å². The van der Waals surface area contributed by atoms with Crippen LogP contribution in [0.1, 0.15) is 37.4 Å². The number of thioether (sulfide) groups is 1. The quantitative estimate of drug-likeness (QED) is 0.803. The van der Waals surface area contributed by atoms with Crippen molar-refractivity contribution in [2.45, 2.75) is 37.2 Å². The molecule has 0 saturated carbocycles. The molecule has 0 aliphatic carbocycles. The number of tetrazole rings is 1. The topological polar surface area (TPSA) is 63.7 Å². The van der Waals surface area contributed by atoms with Crippen molar-refractivity contribution in [3.63, 3.8) is 0 Å². The highest BCUT2D eigenvalue weighted by Gasteiger charge is 2.40. The number of rotatable bonds is 1. The van der Waals surface area contributed by atoms with E-state index < -0.39 is 0 Å². The first-order chi connectivity index (χ1) is 7.88. The zero-order valence-electron chi connectivity index (χ0n) is 9.19. The van der Waals surface area contributed by atoms with Gasteiger partial charge in [0.05, 0.1) is 5.60 Å². The number of hydrogen-bond acceptors (Lipinski definition) is 5. The summed E-state index contributed by atoms with van der Waals surface area (Å²) < 4.78 is 6.04. The van der Waals surface area contributed by atoms with Gasteiger partial charge in [-0.25, -0.2) is 0 Å². The van der Waals surface area contributed by atoms with Gasteiger partial charge in [-0.05, 0) is 37.2 Å². The summed E-state index contributed by atoms with van der Waals surface area (Å²) >= 11 is 2.03. The van der Waals surface area contributed by atoms with Gasteiger partial charge in [-0.15, -0.1) is 10.2 Å². The minimum Gasteiger partial charge on any atom is -0.375 e. The molecule has 3 rings (SSSR count). The Morgan fingerprint density at radius 1 is 1.38 bits per heavy atom. The SMILES string of the molecule is C1CC(c2nn[nH]n2)CC2(CCSCC2)O1. The van der Waals surface area contributed by atoms with Gasteiger partial charge in [0.25, 0.3) is 0 Å². The zero-order valence-corrected chi connectivity index (χ0v) is 10.0. The molecule has 2 saturated heterocycles. The average Bonchev–Trinajstić information content (AvgIpc) is 2.83. The molecule has 16 heavy (non-hydrogen) atoms. The minimum atomic E-state index is 0.106. The molecule has 1 aromatic heterocycles. The van der Waals surface area contributed by atoms with Crippen LogP contribution in [0.5, 0.6) is 0 Å². The second-order valence-corrected chi connectivity index (χ2v) is 5.83. The fourth-order valence-electron chi connectivity index (χ4n) is 2.68. The van der Waals surface area contributed by atoms with Crippen LogP contribution < -0.4 is 0 Å². The predicted octanol–water partition coefficient (Wildman–Crippen LogP) is 1.36. The number of aromatic amines is 1. The van der Waals surface area contributed by atoms with E-state index >= 15 is 0 Å². The minimum absolute atomic E-state index is 0.106. The van der Waals surface area contributed by atoms with Crippen LogP contribution in [0.3, 0.4) is 0 Å². The summed E-state index contributed by atoms with van der Waals surface area (Å²) in [4.78, 5) is 0. The van der Waals surface area contributed by atoms with Crippen LogP contribution in [0, 0.1) is 0 Å². The fourth-order valence-corrected chi connectivity index (χ4v) is 3.92. The summed E-state index contributed by atoms with van der Waals surface area (Å²) in [6.45, 7) is 0.837. The predicted molar refractivity (Wildman–Crippen MR) is 61.4 cm³/mol. The molecule has 2 aliphatic rings. The van der Waals surface area contributed by atoms with E-state index in [4.69, 9.17) is 4.74 Å². The molecule has 88 valence electrons. The summed E-state index contributed by atoms with van der Waals surface area (Å²) in [5.74, 6) is 3.73. The Kier molecular flexibility index (Phi) is 2.85. The Bertz CT molecular complexity index is 331. The normalized spacial score (nSPS) is 29.4. The maximum absolute atomic E-state index is 6.04. The third-order valence-electron chi connectivity index (χ3n) is 3.62. The summed E-state index contributed by atoms with van der Waals surface area (Å²) in [6.07, 6.45) is 4.43. The van der Waals surface area contributed by atoms with E-state index in [0.717, 1.165) is 25.3 Å². The van der Waals surface area contributed by atoms with Crippen LogP contribution in [0.25, 0.3) is 0 Å². The zero-order chi connectivity index (χ0) is 10.8. The molecular formula is C10H16N4OS. The molecule has 1 N–H and O–H groups in total. The van der Waals surface area contributed by atoms with Gasteiger partial charge in [0.15, 0.2) is 5.82 Å². The molecule has 6 heteroatoms. The highest BCUT2D eigenvalue weighted by molar-refractivity contribution is 7.99. The monoisotopic (exact) mass is 240 g/mol. The Hall–Kier alpha value is -0.620. The summed E-state index contributed by atoms with van der Waals surface area (Å²) in [5.41, 5.74) is 0.106. The van der Waals surface area contributed by atoms with Crippen molar-refractivity contribution >= 4 is 11.8 Å². The molecule has 3 heterocycles. The van der Waals surface area contributed by atoms with Gasteiger partial charge in [0.1, 0.15) is 0 Å². The number of aromatic nitrogens is 4. The number of nitrogens with zero attached hydrogens (tertiary/aromatic N) is 3. The third kappa shape index (κ3) is 1.96. The van der Waals surface area contributed by atoms with E-state index in [-0.39, 0.29) is 5.60 Å². The van der Waals surface area contributed by atoms with Crippen molar-refractivity contribution in [2.75, 3.05) is 18.1 Å². The van der Waals surface area contributed by atoms with Gasteiger partial charge in [0.2, 0.25) is 0 Å². The standard InChI is InChI=1S/C10H16N4OS/c1-4-15-10(2-5-16-6-3-10)7-8(1)9-11-13-14-12-9/h8H,1-7H2,(H,11,12,13,14). The lowest BCUT2D eigenvalue weighted by atomic mass is 9.81. The highest BCUT2D eigenvalue weighted by Crippen LogP contribution is 2.42. The van der Waals surface area contributed by atoms with Gasteiger partial charge < -0.3 is 4.74 Å². The molecule has 5 nitrogen and oxygen atoms in total. The van der Waals surface area contributed by atoms with Crippen molar-refractivity contribution in [3.8, 4) is 0 Å². The van der Waals surface area contributed by atoms with E-state index in [1.165, 1.54) is 24.3 Å². The fraction of sp³-hybridized carbons (Fsp3) is 0.900. The Labute approximate surface area is 98.7 Å². The first kappa shape index (κ1) is 10.5. The maximum atomic E-state index is 6.04. The van der Waals surface area contributed by atoms with Crippen molar-refractivity contribution in [3.05, 3.63) is 5.82 Å². The highest BCUT2D eigenvalue weighted by atomic mass is 32.2. The van der Waals surface area contributed by atoms with Crippen molar-refractivity contribution in [1.29, 1.82) is 0 Å². The maximum Gasteiger partial charge on any atom is 0.177 e. The van der Waals surface area contributed by atoms with Gasteiger partial charge in [-0.1, -0.05) is 5.21 Å². The smallest absolute Gasteiger partial charge is 0.177 e. The average molecular weight is 240 g/mol. The molecule has 1 spiro atoms. The summed E-state index contributed by atoms with van der Waals surface area (Å²) in [5, 5.41) is 14.4. The molecule has 2 aliphatic heterocycles. The Morgan fingerprint density at radius 2 is 2.25 bits per heavy atom. The second-order valence-electron chi connectivity index (χ2n) is 4.60. The van der Waals surface area contributed by atoms with E-state index in [9.17, 15) is 0 Å². The summed E-state index contributed by atoms with van der Waals surface area (Å²) in [7, 11) is 0. The molecule has 1 unspecified atom stereocenters. The molecular weight excluding hydrogens is 224 g/mol. The molecule has 0 aromatic carbocycles. The van der Waals surface area contributed by atoms with Crippen LogP contribution in [-0.4, -0.2) is 44.3 Å². The van der Waals surface area contributed by atoms with Crippen LogP contribution in [0.4, 0.5) is 0 Å². The summed E-state index contributed by atoms with van der Waals surface area (Å²) in [6, 6.07) is 0. The van der Waals surface area contributed by atoms with E-state index in [1.54, 1.807) is 0 Å². The van der Waals surface area contributed by atoms with Crippen LogP contribution in [-0.2, 0) is 4.74 Å². The van der Waals surface area contributed by atoms with Gasteiger partial charge >= 0.3 is 0 Å². The molecule has 0 radical (unpaired) electrons. The van der Waals surface area contributed by atoms with Gasteiger partial charge in [-0.3, -0.25) is 0 Å². The molecule has 2 fully saturated rings. The largest absolute Gasteiger partial charge is 0.375 e. The first-order valence-electron chi connectivity index (χ1n) is 5.83. The first-order valence-corrected chi connectivity index (χ1v) is 6.99. The van der Waals surface area contributed by atoms with Crippen LogP contribution in [0.2, 0.25) is 0 Å². The third-order valence-corrected chi connectivity index (χ3v) is 4.61. The lowest BCUT2D eigenvalue weighted by Gasteiger charge is -2.42. The number of ether oxygens (including phenoxy) is 1. The van der Waals surface area contributed by atoms with Crippen LogP contribution >= 0.6 is 11.8 Å². The second kappa shape index (κ2) is 4.33. The van der Waals surface area contributed by atoms with Crippen molar-refractivity contribution in [2.24, 2.45) is 0 Å². The Morgan fingerprint density at radius 3 is 3.00 bits per heavy atom. The lowest BCUT2D eigenvalue weighted by molar-refractivity contribution is -0.0910. The molecule has 0 amide bonds. The van der Waals surface area contributed by atoms with E-state index in [1.807, 2.05) is 11.8 Å². The Balaban J connectivity index is 1.74. The molecule has 1 aromatic rings. The van der Waals surface area contributed by atoms with Crippen molar-refractivity contribution < 1.29 is 4.74 Å². The molecule has 0 bridgehead atoms. The van der Waals surface area contributed by atoms with Crippen LogP contribution in [0.15, 0.2) is 0 Å². The number of nitrogens with one attached hydrogen (secondary N) is 1. The lowest BCUT2D eigenvalue weighted by Crippen LogP contribution is -2.42. The van der Waals surface area contributed by atoms with E-state index in [2.05, 4.69) is 20.6 Å². The van der Waals surface area contributed by atoms with E-state index in [0.29, 0.717) is 5.92 Å². The van der Waals surface area contributed by atoms with Crippen molar-refractivity contribution in [1.82, 2.24) is 20.6 Å². The number of hydrogen-bond donors (Lipinski definition) is 1. The number of H-pyrrole nitrogens is 1.